The van der Waals surface area contributed by atoms with Crippen LogP contribution in [0.5, 0.6) is 0 Å². The standard InChI is InChI=1S/C14H20N2O2/c1-3-14(4-2)8-16(9-14)12-7-10(15)5-6-11(12)13(17)18/h5-7H,3-4,8-9,15H2,1-2H3,(H,17,18). The first-order valence-corrected chi connectivity index (χ1v) is 6.39. The number of benzene rings is 1. The lowest BCUT2D eigenvalue weighted by Gasteiger charge is -2.51. The summed E-state index contributed by atoms with van der Waals surface area (Å²) in [4.78, 5) is 13.3. The maximum atomic E-state index is 11.2. The number of rotatable bonds is 4. The van der Waals surface area contributed by atoms with Crippen LogP contribution in [-0.2, 0) is 0 Å². The number of hydrogen-bond acceptors (Lipinski definition) is 3. The highest BCUT2D eigenvalue weighted by molar-refractivity contribution is 5.95. The van der Waals surface area contributed by atoms with Gasteiger partial charge in [0.05, 0.1) is 11.3 Å². The Kier molecular flexibility index (Phi) is 3.20. The third kappa shape index (κ3) is 2.03. The van der Waals surface area contributed by atoms with Crippen molar-refractivity contribution in [2.24, 2.45) is 5.41 Å². The molecule has 1 heterocycles. The van der Waals surface area contributed by atoms with Gasteiger partial charge in [-0.3, -0.25) is 0 Å². The van der Waals surface area contributed by atoms with E-state index in [1.165, 1.54) is 0 Å². The number of carboxylic acids is 1. The van der Waals surface area contributed by atoms with Crippen LogP contribution >= 0.6 is 0 Å². The molecule has 2 rings (SSSR count). The molecule has 18 heavy (non-hydrogen) atoms. The van der Waals surface area contributed by atoms with Gasteiger partial charge in [-0.25, -0.2) is 4.79 Å². The Morgan fingerprint density at radius 3 is 2.50 bits per heavy atom. The summed E-state index contributed by atoms with van der Waals surface area (Å²) in [5, 5.41) is 9.20. The molecule has 4 nitrogen and oxygen atoms in total. The number of aromatic carboxylic acids is 1. The average Bonchev–Trinajstić information content (AvgIpc) is 2.28. The molecule has 3 N–H and O–H groups in total. The zero-order valence-electron chi connectivity index (χ0n) is 10.9. The van der Waals surface area contributed by atoms with Gasteiger partial charge < -0.3 is 15.7 Å². The van der Waals surface area contributed by atoms with Gasteiger partial charge in [-0.2, -0.15) is 0 Å². The molecule has 1 saturated heterocycles. The number of anilines is 2. The molecule has 4 heteroatoms. The Hall–Kier alpha value is -1.71. The van der Waals surface area contributed by atoms with E-state index in [0.29, 0.717) is 16.7 Å². The van der Waals surface area contributed by atoms with Gasteiger partial charge in [0.25, 0.3) is 0 Å². The first-order valence-electron chi connectivity index (χ1n) is 6.39. The molecule has 0 spiro atoms. The Labute approximate surface area is 107 Å². The maximum absolute atomic E-state index is 11.2. The monoisotopic (exact) mass is 248 g/mol. The smallest absolute Gasteiger partial charge is 0.337 e. The summed E-state index contributed by atoms with van der Waals surface area (Å²) in [7, 11) is 0. The molecule has 1 aliphatic heterocycles. The molecule has 1 aromatic rings. The zero-order chi connectivity index (χ0) is 13.3. The predicted molar refractivity (Wildman–Crippen MR) is 73.0 cm³/mol. The predicted octanol–water partition coefficient (Wildman–Crippen LogP) is 2.59. The Balaban J connectivity index is 2.25. The number of hydrogen-bond donors (Lipinski definition) is 2. The second-order valence-corrected chi connectivity index (χ2v) is 5.14. The number of carboxylic acid groups (broad SMARTS) is 1. The van der Waals surface area contributed by atoms with Gasteiger partial charge in [0.1, 0.15) is 0 Å². The molecule has 98 valence electrons. The number of nitrogens with two attached hydrogens (primary N) is 1. The number of carbonyl (C=O) groups is 1. The summed E-state index contributed by atoms with van der Waals surface area (Å²) in [6.45, 7) is 6.23. The largest absolute Gasteiger partial charge is 0.478 e. The normalized spacial score (nSPS) is 17.3. The van der Waals surface area contributed by atoms with Crippen molar-refractivity contribution in [3.63, 3.8) is 0 Å². The van der Waals surface area contributed by atoms with E-state index in [0.717, 1.165) is 31.6 Å². The highest BCUT2D eigenvalue weighted by atomic mass is 16.4. The second-order valence-electron chi connectivity index (χ2n) is 5.14. The van der Waals surface area contributed by atoms with Gasteiger partial charge in [0, 0.05) is 24.2 Å². The highest BCUT2D eigenvalue weighted by Crippen LogP contribution is 2.41. The van der Waals surface area contributed by atoms with Crippen molar-refractivity contribution in [3.05, 3.63) is 23.8 Å². The summed E-state index contributed by atoms with van der Waals surface area (Å²) in [5.74, 6) is -0.893. The van der Waals surface area contributed by atoms with E-state index in [1.807, 2.05) is 0 Å². The molecule has 1 aromatic carbocycles. The van der Waals surface area contributed by atoms with Gasteiger partial charge in [-0.05, 0) is 31.0 Å². The van der Waals surface area contributed by atoms with E-state index < -0.39 is 5.97 Å². The van der Waals surface area contributed by atoms with Crippen LogP contribution in [0.4, 0.5) is 11.4 Å². The van der Waals surface area contributed by atoms with Crippen LogP contribution in [0.25, 0.3) is 0 Å². The van der Waals surface area contributed by atoms with E-state index in [2.05, 4.69) is 18.7 Å². The van der Waals surface area contributed by atoms with E-state index >= 15 is 0 Å². The Morgan fingerprint density at radius 2 is 2.00 bits per heavy atom. The lowest BCUT2D eigenvalue weighted by molar-refractivity contribution is 0.0696. The van der Waals surface area contributed by atoms with E-state index in [9.17, 15) is 9.90 Å². The quantitative estimate of drug-likeness (QED) is 0.804. The first kappa shape index (κ1) is 12.7. The first-order chi connectivity index (χ1) is 8.51. The molecule has 1 aliphatic rings. The molecule has 1 fully saturated rings. The topological polar surface area (TPSA) is 66.6 Å². The van der Waals surface area contributed by atoms with Gasteiger partial charge in [-0.15, -0.1) is 0 Å². The second kappa shape index (κ2) is 4.52. The Morgan fingerprint density at radius 1 is 1.39 bits per heavy atom. The zero-order valence-corrected chi connectivity index (χ0v) is 10.9. The molecule has 0 bridgehead atoms. The summed E-state index contributed by atoms with van der Waals surface area (Å²) in [5.41, 5.74) is 7.80. The van der Waals surface area contributed by atoms with E-state index in [-0.39, 0.29) is 0 Å². The molecule has 0 saturated carbocycles. The van der Waals surface area contributed by atoms with Crippen molar-refractivity contribution in [2.45, 2.75) is 26.7 Å². The lowest BCUT2D eigenvalue weighted by atomic mass is 9.74. The van der Waals surface area contributed by atoms with Crippen molar-refractivity contribution in [1.82, 2.24) is 0 Å². The third-order valence-corrected chi connectivity index (χ3v) is 4.15. The van der Waals surface area contributed by atoms with E-state index in [4.69, 9.17) is 5.73 Å². The average molecular weight is 248 g/mol. The fourth-order valence-electron chi connectivity index (χ4n) is 2.62. The van der Waals surface area contributed by atoms with Crippen LogP contribution < -0.4 is 10.6 Å². The molecular formula is C14H20N2O2. The summed E-state index contributed by atoms with van der Waals surface area (Å²) >= 11 is 0. The molecule has 0 amide bonds. The maximum Gasteiger partial charge on any atom is 0.337 e. The lowest BCUT2D eigenvalue weighted by Crippen LogP contribution is -2.56. The fraction of sp³-hybridized carbons (Fsp3) is 0.500. The van der Waals surface area contributed by atoms with Crippen molar-refractivity contribution in [3.8, 4) is 0 Å². The van der Waals surface area contributed by atoms with Crippen LogP contribution in [0, 0.1) is 5.41 Å². The van der Waals surface area contributed by atoms with Crippen LogP contribution in [0.1, 0.15) is 37.0 Å². The van der Waals surface area contributed by atoms with E-state index in [1.54, 1.807) is 18.2 Å². The van der Waals surface area contributed by atoms with Crippen molar-refractivity contribution in [2.75, 3.05) is 23.7 Å². The van der Waals surface area contributed by atoms with Crippen LogP contribution in [0.15, 0.2) is 18.2 Å². The minimum absolute atomic E-state index is 0.338. The fourth-order valence-corrected chi connectivity index (χ4v) is 2.62. The molecular weight excluding hydrogens is 228 g/mol. The molecule has 0 aliphatic carbocycles. The SMILES string of the molecule is CCC1(CC)CN(c2cc(N)ccc2C(=O)O)C1. The van der Waals surface area contributed by atoms with Crippen LogP contribution in [0.3, 0.4) is 0 Å². The van der Waals surface area contributed by atoms with Gasteiger partial charge in [0.15, 0.2) is 0 Å². The van der Waals surface area contributed by atoms with Crippen LogP contribution in [0.2, 0.25) is 0 Å². The van der Waals surface area contributed by atoms with Gasteiger partial charge >= 0.3 is 5.97 Å². The van der Waals surface area contributed by atoms with Crippen molar-refractivity contribution in [1.29, 1.82) is 0 Å². The number of nitrogens with zero attached hydrogens (tertiary/aromatic N) is 1. The molecule has 0 aromatic heterocycles. The Bertz CT molecular complexity index is 459. The minimum atomic E-state index is -0.893. The molecule has 0 radical (unpaired) electrons. The number of nitrogen functional groups attached to an aromatic ring is 1. The summed E-state index contributed by atoms with van der Waals surface area (Å²) in [6, 6.07) is 4.99. The molecule has 0 atom stereocenters. The minimum Gasteiger partial charge on any atom is -0.478 e. The van der Waals surface area contributed by atoms with Gasteiger partial charge in [0.2, 0.25) is 0 Å². The van der Waals surface area contributed by atoms with Gasteiger partial charge in [-0.1, -0.05) is 13.8 Å². The van der Waals surface area contributed by atoms with Crippen molar-refractivity contribution >= 4 is 17.3 Å². The summed E-state index contributed by atoms with van der Waals surface area (Å²) in [6.07, 6.45) is 2.26. The third-order valence-electron chi connectivity index (χ3n) is 4.15. The van der Waals surface area contributed by atoms with Crippen molar-refractivity contribution < 1.29 is 9.90 Å². The summed E-state index contributed by atoms with van der Waals surface area (Å²) < 4.78 is 0. The van der Waals surface area contributed by atoms with Crippen LogP contribution in [-0.4, -0.2) is 24.2 Å². The molecule has 0 unspecified atom stereocenters. The highest BCUT2D eigenvalue weighted by Gasteiger charge is 2.40.